The van der Waals surface area contributed by atoms with E-state index in [-0.39, 0.29) is 23.2 Å². The van der Waals surface area contributed by atoms with Crippen LogP contribution in [-0.4, -0.2) is 27.7 Å². The summed E-state index contributed by atoms with van der Waals surface area (Å²) in [7, 11) is 1.50. The second-order valence-electron chi connectivity index (χ2n) is 6.22. The van der Waals surface area contributed by atoms with E-state index in [2.05, 4.69) is 9.98 Å². The highest BCUT2D eigenvalue weighted by atomic mass is 35.5. The van der Waals surface area contributed by atoms with E-state index in [4.69, 9.17) is 16.3 Å². The molecule has 0 unspecified atom stereocenters. The van der Waals surface area contributed by atoms with Crippen molar-refractivity contribution >= 4 is 57.5 Å². The topological polar surface area (TPSA) is 59.7 Å². The first-order valence-electron chi connectivity index (χ1n) is 8.92. The fraction of sp³-hybridized carbons (Fsp3) is 0.150. The van der Waals surface area contributed by atoms with E-state index in [9.17, 15) is 13.6 Å². The third-order valence-electron chi connectivity index (χ3n) is 4.33. The highest BCUT2D eigenvalue weighted by molar-refractivity contribution is 8.13. The number of amidine groups is 1. The van der Waals surface area contributed by atoms with Crippen LogP contribution < -0.4 is 9.64 Å². The minimum absolute atomic E-state index is 0.107. The molecule has 1 aliphatic rings. The minimum Gasteiger partial charge on any atom is -0.495 e. The van der Waals surface area contributed by atoms with Crippen molar-refractivity contribution in [1.29, 1.82) is 0 Å². The fourth-order valence-corrected chi connectivity index (χ4v) is 4.75. The molecule has 3 aromatic rings. The van der Waals surface area contributed by atoms with Gasteiger partial charge in [0, 0.05) is 17.3 Å². The Labute approximate surface area is 189 Å². The Morgan fingerprint density at radius 2 is 2.19 bits per heavy atom. The number of rotatable bonds is 6. The predicted molar refractivity (Wildman–Crippen MR) is 120 cm³/mol. The smallest absolute Gasteiger partial charge is 0.319 e. The average molecular weight is 481 g/mol. The average Bonchev–Trinajstić information content (AvgIpc) is 3.48. The Morgan fingerprint density at radius 1 is 1.35 bits per heavy atom. The van der Waals surface area contributed by atoms with E-state index in [1.165, 1.54) is 35.7 Å². The number of aromatic nitrogens is 2. The van der Waals surface area contributed by atoms with Gasteiger partial charge in [-0.05, 0) is 35.7 Å². The molecule has 0 N–H and O–H groups in total. The zero-order valence-corrected chi connectivity index (χ0v) is 18.4. The van der Waals surface area contributed by atoms with Crippen molar-refractivity contribution in [3.8, 4) is 5.75 Å². The molecular weight excluding hydrogens is 466 g/mol. The van der Waals surface area contributed by atoms with E-state index in [0.717, 1.165) is 21.2 Å². The summed E-state index contributed by atoms with van der Waals surface area (Å²) in [6.07, 6.45) is 4.22. The van der Waals surface area contributed by atoms with Gasteiger partial charge in [-0.3, -0.25) is 14.3 Å². The number of benzene rings is 1. The molecule has 31 heavy (non-hydrogen) atoms. The van der Waals surface area contributed by atoms with Crippen LogP contribution in [0.4, 0.5) is 14.5 Å². The number of ether oxygens (including phenoxy) is 1. The molecule has 0 aliphatic carbocycles. The van der Waals surface area contributed by atoms with Crippen molar-refractivity contribution in [2.24, 2.45) is 4.99 Å². The maximum absolute atomic E-state index is 13.2. The summed E-state index contributed by atoms with van der Waals surface area (Å²) in [5.41, 5.74) is 0.739. The second-order valence-corrected chi connectivity index (χ2v) is 8.54. The molecule has 1 amide bonds. The lowest BCUT2D eigenvalue weighted by Crippen LogP contribution is -2.30. The van der Waals surface area contributed by atoms with Gasteiger partial charge in [0.1, 0.15) is 17.3 Å². The van der Waals surface area contributed by atoms with Crippen LogP contribution in [0.15, 0.2) is 58.8 Å². The quantitative estimate of drug-likeness (QED) is 0.426. The van der Waals surface area contributed by atoms with E-state index in [1.807, 2.05) is 17.5 Å². The number of thiophene rings is 1. The summed E-state index contributed by atoms with van der Waals surface area (Å²) >= 11 is 8.86. The van der Waals surface area contributed by atoms with Crippen molar-refractivity contribution in [1.82, 2.24) is 9.55 Å². The number of hydrogen-bond acceptors (Lipinski definition) is 6. The first-order valence-corrected chi connectivity index (χ1v) is 11.2. The number of hydrogen-bond donors (Lipinski definition) is 0. The monoisotopic (exact) mass is 480 g/mol. The molecular formula is C20H15ClF2N4O2S2. The number of alkyl halides is 2. The summed E-state index contributed by atoms with van der Waals surface area (Å²) in [6, 6.07) is 8.69. The number of amides is 1. The second kappa shape index (κ2) is 9.21. The molecule has 1 aliphatic heterocycles. The summed E-state index contributed by atoms with van der Waals surface area (Å²) in [5, 5.41) is 2.58. The molecule has 0 saturated heterocycles. The molecule has 0 saturated carbocycles. The number of carbonyl (C=O) groups is 1. The Balaban J connectivity index is 1.67. The molecule has 0 fully saturated rings. The van der Waals surface area contributed by atoms with Crippen LogP contribution in [-0.2, 0) is 10.5 Å². The van der Waals surface area contributed by atoms with Crippen LogP contribution >= 0.6 is 34.7 Å². The number of carbonyl (C=O) groups excluding carboxylic acids is 1. The van der Waals surface area contributed by atoms with Gasteiger partial charge in [0.05, 0.1) is 23.6 Å². The highest BCUT2D eigenvalue weighted by Crippen LogP contribution is 2.35. The molecule has 1 aromatic carbocycles. The van der Waals surface area contributed by atoms with E-state index in [0.29, 0.717) is 21.6 Å². The van der Waals surface area contributed by atoms with Gasteiger partial charge in [-0.25, -0.2) is 9.98 Å². The lowest BCUT2D eigenvalue weighted by molar-refractivity contribution is -0.113. The normalized spacial score (nSPS) is 15.3. The summed E-state index contributed by atoms with van der Waals surface area (Å²) in [6.45, 7) is -2.70. The number of aliphatic imine (C=N–C) groups is 1. The van der Waals surface area contributed by atoms with Gasteiger partial charge in [0.15, 0.2) is 5.17 Å². The number of halogens is 3. The Kier molecular flexibility index (Phi) is 6.40. The molecule has 0 radical (unpaired) electrons. The number of nitrogens with zero attached hydrogens (tertiary/aromatic N) is 4. The van der Waals surface area contributed by atoms with Crippen LogP contribution in [0.5, 0.6) is 5.75 Å². The van der Waals surface area contributed by atoms with Gasteiger partial charge in [0.2, 0.25) is 0 Å². The molecule has 0 atom stereocenters. The third kappa shape index (κ3) is 4.51. The highest BCUT2D eigenvalue weighted by Gasteiger charge is 2.33. The van der Waals surface area contributed by atoms with Gasteiger partial charge >= 0.3 is 6.55 Å². The molecule has 4 rings (SSSR count). The first-order chi connectivity index (χ1) is 15.0. The van der Waals surface area contributed by atoms with Crippen molar-refractivity contribution in [3.63, 3.8) is 0 Å². The molecule has 3 heterocycles. The molecule has 0 spiro atoms. The van der Waals surface area contributed by atoms with Crippen LogP contribution in [0.2, 0.25) is 5.02 Å². The van der Waals surface area contributed by atoms with Crippen molar-refractivity contribution in [2.75, 3.05) is 12.0 Å². The van der Waals surface area contributed by atoms with Crippen molar-refractivity contribution in [2.45, 2.75) is 12.3 Å². The van der Waals surface area contributed by atoms with Gasteiger partial charge in [0.25, 0.3) is 5.91 Å². The number of imidazole rings is 1. The molecule has 160 valence electrons. The molecule has 11 heteroatoms. The summed E-state index contributed by atoms with van der Waals surface area (Å²) < 4.78 is 32.2. The van der Waals surface area contributed by atoms with E-state index < -0.39 is 6.55 Å². The SMILES string of the molecule is COc1ccc(N2C(=O)/C(=C\c3cccs3)N=C2SCc2nccn2C(F)F)cc1Cl. The fourth-order valence-electron chi connectivity index (χ4n) is 2.89. The van der Waals surface area contributed by atoms with Crippen molar-refractivity contribution in [3.05, 3.63) is 69.5 Å². The van der Waals surface area contributed by atoms with Crippen LogP contribution in [0.3, 0.4) is 0 Å². The largest absolute Gasteiger partial charge is 0.495 e. The zero-order chi connectivity index (χ0) is 22.0. The van der Waals surface area contributed by atoms with Gasteiger partial charge < -0.3 is 4.74 Å². The molecule has 0 bridgehead atoms. The van der Waals surface area contributed by atoms with Gasteiger partial charge in [-0.15, -0.1) is 11.3 Å². The standard InChI is InChI=1S/C20H15ClF2N4O2S2/c1-29-16-5-4-12(9-14(16)21)27-18(28)15(10-13-3-2-8-30-13)25-20(27)31-11-17-24-6-7-26(17)19(22)23/h2-10,19H,11H2,1H3/b15-10+. The lowest BCUT2D eigenvalue weighted by atomic mass is 10.2. The van der Waals surface area contributed by atoms with Gasteiger partial charge in [-0.1, -0.05) is 29.4 Å². The Hall–Kier alpha value is -2.69. The van der Waals surface area contributed by atoms with Crippen LogP contribution in [0, 0.1) is 0 Å². The molecule has 2 aromatic heterocycles. The van der Waals surface area contributed by atoms with Crippen LogP contribution in [0.25, 0.3) is 6.08 Å². The number of methoxy groups -OCH3 is 1. The lowest BCUT2D eigenvalue weighted by Gasteiger charge is -2.18. The Morgan fingerprint density at radius 3 is 2.87 bits per heavy atom. The number of anilines is 1. The zero-order valence-electron chi connectivity index (χ0n) is 16.0. The summed E-state index contributed by atoms with van der Waals surface area (Å²) in [4.78, 5) is 23.9. The van der Waals surface area contributed by atoms with Gasteiger partial charge in [-0.2, -0.15) is 8.78 Å². The Bertz CT molecular complexity index is 1160. The van der Waals surface area contributed by atoms with Crippen LogP contribution in [0.1, 0.15) is 17.3 Å². The number of thioether (sulfide) groups is 1. The maximum atomic E-state index is 13.2. The predicted octanol–water partition coefficient (Wildman–Crippen LogP) is 5.68. The summed E-state index contributed by atoms with van der Waals surface area (Å²) in [5.74, 6) is 0.417. The van der Waals surface area contributed by atoms with E-state index >= 15 is 0 Å². The first kappa shape index (κ1) is 21.5. The van der Waals surface area contributed by atoms with Crippen molar-refractivity contribution < 1.29 is 18.3 Å². The molecule has 6 nitrogen and oxygen atoms in total. The maximum Gasteiger partial charge on any atom is 0.319 e. The van der Waals surface area contributed by atoms with E-state index in [1.54, 1.807) is 24.3 Å². The third-order valence-corrected chi connectivity index (χ3v) is 6.38. The minimum atomic E-state index is -2.70.